The molecule has 1 unspecified atom stereocenters. The van der Waals surface area contributed by atoms with E-state index in [1.54, 1.807) is 65.6 Å². The highest BCUT2D eigenvalue weighted by atomic mass is 32.2. The van der Waals surface area contributed by atoms with E-state index < -0.39 is 10.0 Å². The van der Waals surface area contributed by atoms with Crippen LogP contribution in [-0.2, 0) is 14.8 Å². The van der Waals surface area contributed by atoms with Crippen molar-refractivity contribution in [3.8, 4) is 0 Å². The topological polar surface area (TPSA) is 66.5 Å². The lowest BCUT2D eigenvalue weighted by Gasteiger charge is -2.24. The summed E-state index contributed by atoms with van der Waals surface area (Å²) in [5, 5.41) is -0.259. The molecule has 0 radical (unpaired) electrons. The zero-order chi connectivity index (χ0) is 21.3. The Morgan fingerprint density at radius 1 is 0.967 bits per heavy atom. The molecular formula is C22H19FN2O3S2. The fourth-order valence-electron chi connectivity index (χ4n) is 3.20. The molecule has 3 aromatic rings. The number of amides is 1. The van der Waals surface area contributed by atoms with Gasteiger partial charge >= 0.3 is 0 Å². The Bertz CT molecular complexity index is 1160. The number of nitrogens with zero attached hydrogens (tertiary/aromatic N) is 1. The molecule has 8 heteroatoms. The number of sulfonamides is 1. The van der Waals surface area contributed by atoms with E-state index in [2.05, 4.69) is 4.72 Å². The summed E-state index contributed by atoms with van der Waals surface area (Å²) in [4.78, 5) is 14.2. The van der Waals surface area contributed by atoms with E-state index >= 15 is 0 Å². The molecule has 4 rings (SSSR count). The Morgan fingerprint density at radius 3 is 2.23 bits per heavy atom. The molecule has 0 aromatic heterocycles. The number of carbonyl (C=O) groups is 1. The summed E-state index contributed by atoms with van der Waals surface area (Å²) in [5.41, 5.74) is 2.89. The van der Waals surface area contributed by atoms with Crippen LogP contribution in [0.5, 0.6) is 0 Å². The van der Waals surface area contributed by atoms with Crippen LogP contribution in [0.4, 0.5) is 15.8 Å². The Hall–Kier alpha value is -2.84. The number of thioether (sulfide) groups is 1. The van der Waals surface area contributed by atoms with Gasteiger partial charge in [0.2, 0.25) is 5.91 Å². The van der Waals surface area contributed by atoms with E-state index in [0.29, 0.717) is 17.1 Å². The van der Waals surface area contributed by atoms with E-state index in [1.165, 1.54) is 23.9 Å². The second-order valence-electron chi connectivity index (χ2n) is 6.94. The molecule has 5 nitrogen and oxygen atoms in total. The first-order valence-electron chi connectivity index (χ1n) is 9.22. The largest absolute Gasteiger partial charge is 0.295 e. The third kappa shape index (κ3) is 4.20. The quantitative estimate of drug-likeness (QED) is 0.621. The molecule has 154 valence electrons. The van der Waals surface area contributed by atoms with Crippen LogP contribution in [0.2, 0.25) is 0 Å². The van der Waals surface area contributed by atoms with Gasteiger partial charge in [-0.05, 0) is 61.0 Å². The van der Waals surface area contributed by atoms with Crippen molar-refractivity contribution in [2.45, 2.75) is 17.2 Å². The zero-order valence-electron chi connectivity index (χ0n) is 16.1. The van der Waals surface area contributed by atoms with Crippen LogP contribution in [0.15, 0.2) is 77.7 Å². The SMILES string of the molecule is Cc1ccc(S(=O)(=O)Nc2ccc(C3SCC(=O)N3c3ccc(F)cc3)cc2)cc1. The summed E-state index contributed by atoms with van der Waals surface area (Å²) in [6.45, 7) is 1.89. The second-order valence-corrected chi connectivity index (χ2v) is 9.70. The Labute approximate surface area is 179 Å². The smallest absolute Gasteiger partial charge is 0.261 e. The molecular weight excluding hydrogens is 423 g/mol. The first kappa shape index (κ1) is 20.4. The van der Waals surface area contributed by atoms with Gasteiger partial charge in [0.15, 0.2) is 0 Å². The molecule has 0 bridgehead atoms. The number of rotatable bonds is 5. The second kappa shape index (κ2) is 8.12. The Kier molecular flexibility index (Phi) is 5.53. The Balaban J connectivity index is 1.55. The van der Waals surface area contributed by atoms with Crippen LogP contribution in [0.3, 0.4) is 0 Å². The lowest BCUT2D eigenvalue weighted by atomic mass is 10.1. The van der Waals surface area contributed by atoms with Crippen LogP contribution >= 0.6 is 11.8 Å². The van der Waals surface area contributed by atoms with Crippen LogP contribution < -0.4 is 9.62 Å². The normalized spacial score (nSPS) is 16.7. The summed E-state index contributed by atoms with van der Waals surface area (Å²) >= 11 is 1.47. The van der Waals surface area contributed by atoms with E-state index in [1.807, 2.05) is 6.92 Å². The minimum Gasteiger partial charge on any atom is -0.295 e. The van der Waals surface area contributed by atoms with Gasteiger partial charge in [0, 0.05) is 11.4 Å². The molecule has 1 amide bonds. The molecule has 0 aliphatic carbocycles. The molecule has 1 fully saturated rings. The molecule has 1 aliphatic rings. The van der Waals surface area contributed by atoms with E-state index in [4.69, 9.17) is 0 Å². The fourth-order valence-corrected chi connectivity index (χ4v) is 5.43. The zero-order valence-corrected chi connectivity index (χ0v) is 17.7. The van der Waals surface area contributed by atoms with Crippen molar-refractivity contribution in [2.75, 3.05) is 15.4 Å². The molecule has 0 spiro atoms. The molecule has 30 heavy (non-hydrogen) atoms. The maximum atomic E-state index is 13.2. The number of hydrogen-bond acceptors (Lipinski definition) is 4. The molecule has 1 saturated heterocycles. The van der Waals surface area contributed by atoms with Crippen molar-refractivity contribution < 1.29 is 17.6 Å². The average molecular weight is 443 g/mol. The van der Waals surface area contributed by atoms with E-state index in [0.717, 1.165) is 11.1 Å². The summed E-state index contributed by atoms with van der Waals surface area (Å²) in [7, 11) is -3.68. The predicted octanol–water partition coefficient (Wildman–Crippen LogP) is 4.71. The number of anilines is 2. The van der Waals surface area contributed by atoms with Gasteiger partial charge in [-0.3, -0.25) is 14.4 Å². The van der Waals surface area contributed by atoms with Crippen LogP contribution in [0.25, 0.3) is 0 Å². The van der Waals surface area contributed by atoms with Gasteiger partial charge in [-0.1, -0.05) is 29.8 Å². The first-order chi connectivity index (χ1) is 14.3. The van der Waals surface area contributed by atoms with Crippen LogP contribution in [-0.4, -0.2) is 20.1 Å². The first-order valence-corrected chi connectivity index (χ1v) is 11.8. The third-order valence-electron chi connectivity index (χ3n) is 4.75. The maximum absolute atomic E-state index is 13.2. The van der Waals surface area contributed by atoms with Gasteiger partial charge in [0.25, 0.3) is 10.0 Å². The van der Waals surface area contributed by atoms with E-state index in [9.17, 15) is 17.6 Å². The van der Waals surface area contributed by atoms with Crippen molar-refractivity contribution in [2.24, 2.45) is 0 Å². The monoisotopic (exact) mass is 442 g/mol. The molecule has 0 saturated carbocycles. The Morgan fingerprint density at radius 2 is 1.60 bits per heavy atom. The molecule has 3 aromatic carbocycles. The third-order valence-corrected chi connectivity index (χ3v) is 7.36. The average Bonchev–Trinajstić information content (AvgIpc) is 3.11. The van der Waals surface area contributed by atoms with Crippen molar-refractivity contribution in [1.29, 1.82) is 0 Å². The van der Waals surface area contributed by atoms with Crippen molar-refractivity contribution >= 4 is 39.1 Å². The number of benzene rings is 3. The molecule has 1 atom stereocenters. The number of aryl methyl sites for hydroxylation is 1. The van der Waals surface area contributed by atoms with E-state index in [-0.39, 0.29) is 22.0 Å². The number of carbonyl (C=O) groups excluding carboxylic acids is 1. The van der Waals surface area contributed by atoms with Crippen LogP contribution in [0, 0.1) is 12.7 Å². The predicted molar refractivity (Wildman–Crippen MR) is 118 cm³/mol. The minimum atomic E-state index is -3.68. The minimum absolute atomic E-state index is 0.0549. The van der Waals surface area contributed by atoms with Crippen molar-refractivity contribution in [1.82, 2.24) is 0 Å². The van der Waals surface area contributed by atoms with Gasteiger partial charge in [-0.15, -0.1) is 11.8 Å². The summed E-state index contributed by atoms with van der Waals surface area (Å²) in [6, 6.07) is 19.4. The van der Waals surface area contributed by atoms with Gasteiger partial charge in [-0.25, -0.2) is 12.8 Å². The standard InChI is InChI=1S/C22H19FN2O3S2/c1-15-2-12-20(13-3-15)30(27,28)24-18-8-4-16(5-9-18)22-25(21(26)14-29-22)19-10-6-17(23)7-11-19/h2-13,22,24H,14H2,1H3. The highest BCUT2D eigenvalue weighted by Crippen LogP contribution is 2.42. The number of nitrogens with one attached hydrogen (secondary N) is 1. The fraction of sp³-hybridized carbons (Fsp3) is 0.136. The van der Waals surface area contributed by atoms with Gasteiger partial charge < -0.3 is 0 Å². The summed E-state index contributed by atoms with van der Waals surface area (Å²) in [6.07, 6.45) is 0. The highest BCUT2D eigenvalue weighted by molar-refractivity contribution is 8.00. The van der Waals surface area contributed by atoms with Crippen molar-refractivity contribution in [3.05, 3.63) is 89.7 Å². The maximum Gasteiger partial charge on any atom is 0.261 e. The molecule has 1 heterocycles. The number of halogens is 1. The molecule has 1 N–H and O–H groups in total. The lowest BCUT2D eigenvalue weighted by Crippen LogP contribution is -2.27. The summed E-state index contributed by atoms with van der Waals surface area (Å²) in [5.74, 6) is -0.0929. The van der Waals surface area contributed by atoms with Crippen LogP contribution in [0.1, 0.15) is 16.5 Å². The van der Waals surface area contributed by atoms with Gasteiger partial charge in [0.05, 0.1) is 10.6 Å². The van der Waals surface area contributed by atoms with Crippen molar-refractivity contribution in [3.63, 3.8) is 0 Å². The lowest BCUT2D eigenvalue weighted by molar-refractivity contribution is -0.115. The van der Waals surface area contributed by atoms with Gasteiger partial charge in [0.1, 0.15) is 11.2 Å². The summed E-state index contributed by atoms with van der Waals surface area (Å²) < 4.78 is 40.9. The highest BCUT2D eigenvalue weighted by Gasteiger charge is 2.34. The van der Waals surface area contributed by atoms with Gasteiger partial charge in [-0.2, -0.15) is 0 Å². The number of hydrogen-bond donors (Lipinski definition) is 1. The molecule has 1 aliphatic heterocycles.